The number of esters is 1. The molecule has 0 N–H and O–H groups in total. The van der Waals surface area contributed by atoms with E-state index < -0.39 is 17.5 Å². The number of nitrogens with zero attached hydrogens (tertiary/aromatic N) is 2. The number of benzene rings is 2. The number of cyclic esters (lactones) is 1. The first-order valence-electron chi connectivity index (χ1n) is 12.4. The van der Waals surface area contributed by atoms with E-state index in [2.05, 4.69) is 4.98 Å². The quantitative estimate of drug-likeness (QED) is 0.321. The van der Waals surface area contributed by atoms with E-state index in [0.29, 0.717) is 23.6 Å². The molecule has 0 spiro atoms. The van der Waals surface area contributed by atoms with Gasteiger partial charge in [-0.05, 0) is 61.4 Å². The van der Waals surface area contributed by atoms with Crippen molar-refractivity contribution in [3.05, 3.63) is 58.9 Å². The molecule has 2 unspecified atom stereocenters. The van der Waals surface area contributed by atoms with Gasteiger partial charge in [0.05, 0.1) is 23.2 Å². The minimum absolute atomic E-state index is 0.0343. The largest absolute Gasteiger partial charge is 0.495 e. The number of hydrogen-bond acceptors (Lipinski definition) is 5. The number of hydrogen-bond donors (Lipinski definition) is 0. The molecule has 1 aromatic heterocycles. The summed E-state index contributed by atoms with van der Waals surface area (Å²) in [5, 5.41) is 0.555. The molecular weight excluding hydrogens is 464 g/mol. The number of imidazole rings is 1. The lowest BCUT2D eigenvalue weighted by Crippen LogP contribution is -2.52. The van der Waals surface area contributed by atoms with Crippen molar-refractivity contribution >= 4 is 34.4 Å². The van der Waals surface area contributed by atoms with Crippen LogP contribution >= 0.6 is 11.6 Å². The van der Waals surface area contributed by atoms with Crippen LogP contribution in [0.2, 0.25) is 5.02 Å². The Morgan fingerprint density at radius 2 is 1.94 bits per heavy atom. The first kappa shape index (κ1) is 23.9. The van der Waals surface area contributed by atoms with E-state index in [1.54, 1.807) is 7.11 Å². The maximum Gasteiger partial charge on any atom is 0.317 e. The molecule has 1 aliphatic carbocycles. The second-order valence-corrected chi connectivity index (χ2v) is 10.3. The fourth-order valence-electron chi connectivity index (χ4n) is 5.86. The summed E-state index contributed by atoms with van der Waals surface area (Å²) in [5.41, 5.74) is 2.14. The Morgan fingerprint density at radius 3 is 2.63 bits per heavy atom. The number of ether oxygens (including phenoxy) is 2. The second kappa shape index (κ2) is 9.65. The third-order valence-corrected chi connectivity index (χ3v) is 8.16. The van der Waals surface area contributed by atoms with E-state index in [-0.39, 0.29) is 24.5 Å². The number of carbonyl (C=O) groups is 2. The standard InChI is InChI=1S/C28H31ClN2O4/c1-31-23-10-6-5-9-22(23)30-26(31)16-20-24(32)17-28(35-27(20)33,19-7-3-4-8-19)14-13-18-11-12-25(34-2)21(29)15-18/h5-6,9-12,15,19-20H,3-4,7-8,13-14,16-17H2,1-2H3. The highest BCUT2D eigenvalue weighted by Gasteiger charge is 2.51. The van der Waals surface area contributed by atoms with Gasteiger partial charge in [-0.15, -0.1) is 0 Å². The number of ketones is 1. The molecule has 0 bridgehead atoms. The average molecular weight is 495 g/mol. The molecule has 5 rings (SSSR count). The van der Waals surface area contributed by atoms with E-state index in [1.807, 2.05) is 54.1 Å². The highest BCUT2D eigenvalue weighted by molar-refractivity contribution is 6.32. The van der Waals surface area contributed by atoms with Gasteiger partial charge in [0.2, 0.25) is 0 Å². The topological polar surface area (TPSA) is 70.4 Å². The van der Waals surface area contributed by atoms with Crippen LogP contribution in [-0.4, -0.2) is 34.0 Å². The third kappa shape index (κ3) is 4.56. The molecule has 2 aliphatic rings. The Labute approximate surface area is 210 Å². The number of rotatable bonds is 7. The van der Waals surface area contributed by atoms with Crippen molar-refractivity contribution in [1.29, 1.82) is 0 Å². The molecule has 35 heavy (non-hydrogen) atoms. The van der Waals surface area contributed by atoms with Crippen molar-refractivity contribution in [2.45, 2.75) is 57.0 Å². The molecule has 7 heteroatoms. The molecule has 1 aliphatic heterocycles. The number of halogens is 1. The van der Waals surface area contributed by atoms with Gasteiger partial charge in [-0.1, -0.05) is 42.6 Å². The molecule has 2 heterocycles. The summed E-state index contributed by atoms with van der Waals surface area (Å²) in [6.07, 6.45) is 6.00. The summed E-state index contributed by atoms with van der Waals surface area (Å²) in [4.78, 5) is 31.5. The summed E-state index contributed by atoms with van der Waals surface area (Å²) in [6.45, 7) is 0. The van der Waals surface area contributed by atoms with Crippen molar-refractivity contribution in [2.24, 2.45) is 18.9 Å². The number of Topliss-reactive ketones (excluding diaryl/α,β-unsaturated/α-hetero) is 1. The van der Waals surface area contributed by atoms with Gasteiger partial charge >= 0.3 is 5.97 Å². The molecule has 1 saturated carbocycles. The van der Waals surface area contributed by atoms with Crippen LogP contribution in [0.25, 0.3) is 11.0 Å². The predicted octanol–water partition coefficient (Wildman–Crippen LogP) is 5.47. The third-order valence-electron chi connectivity index (χ3n) is 7.87. The van der Waals surface area contributed by atoms with Crippen LogP contribution in [0.5, 0.6) is 5.75 Å². The Kier molecular flexibility index (Phi) is 6.58. The summed E-state index contributed by atoms with van der Waals surface area (Å²) < 4.78 is 13.5. The monoisotopic (exact) mass is 494 g/mol. The number of carbonyl (C=O) groups excluding carboxylic acids is 2. The normalized spacial score (nSPS) is 23.1. The van der Waals surface area contributed by atoms with Gasteiger partial charge < -0.3 is 14.0 Å². The van der Waals surface area contributed by atoms with Crippen LogP contribution in [0.15, 0.2) is 42.5 Å². The average Bonchev–Trinajstić information content (AvgIpc) is 3.50. The van der Waals surface area contributed by atoms with Gasteiger partial charge in [-0.25, -0.2) is 4.98 Å². The van der Waals surface area contributed by atoms with Crippen molar-refractivity contribution in [3.8, 4) is 5.75 Å². The Bertz CT molecular complexity index is 1240. The van der Waals surface area contributed by atoms with Gasteiger partial charge in [-0.2, -0.15) is 0 Å². The zero-order valence-electron chi connectivity index (χ0n) is 20.3. The molecule has 2 aromatic carbocycles. The van der Waals surface area contributed by atoms with Crippen LogP contribution < -0.4 is 4.74 Å². The number of aryl methyl sites for hydroxylation is 2. The molecule has 0 radical (unpaired) electrons. The SMILES string of the molecule is COc1ccc(CCC2(C3CCCC3)CC(=O)C(Cc3nc4ccccc4n3C)C(=O)O2)cc1Cl. The van der Waals surface area contributed by atoms with Gasteiger partial charge in [0.25, 0.3) is 0 Å². The maximum atomic E-state index is 13.5. The predicted molar refractivity (Wildman–Crippen MR) is 135 cm³/mol. The van der Waals surface area contributed by atoms with Gasteiger partial charge in [0.15, 0.2) is 5.78 Å². The smallest absolute Gasteiger partial charge is 0.317 e. The first-order chi connectivity index (χ1) is 16.9. The van der Waals surface area contributed by atoms with E-state index >= 15 is 0 Å². The second-order valence-electron chi connectivity index (χ2n) is 9.91. The Morgan fingerprint density at radius 1 is 1.17 bits per heavy atom. The van der Waals surface area contributed by atoms with E-state index in [4.69, 9.17) is 21.1 Å². The molecule has 2 fully saturated rings. The molecule has 1 saturated heterocycles. The summed E-state index contributed by atoms with van der Waals surface area (Å²) >= 11 is 6.32. The Hall–Kier alpha value is -2.86. The van der Waals surface area contributed by atoms with Crippen LogP contribution in [-0.2, 0) is 34.2 Å². The lowest BCUT2D eigenvalue weighted by atomic mass is 9.73. The lowest BCUT2D eigenvalue weighted by Gasteiger charge is -2.43. The zero-order chi connectivity index (χ0) is 24.6. The van der Waals surface area contributed by atoms with Crippen LogP contribution in [0.1, 0.15) is 49.9 Å². The van der Waals surface area contributed by atoms with Crippen molar-refractivity contribution in [3.63, 3.8) is 0 Å². The fourth-order valence-corrected chi connectivity index (χ4v) is 6.14. The summed E-state index contributed by atoms with van der Waals surface area (Å²) in [6, 6.07) is 13.5. The van der Waals surface area contributed by atoms with E-state index in [0.717, 1.165) is 48.1 Å². The van der Waals surface area contributed by atoms with Gasteiger partial charge in [0.1, 0.15) is 23.1 Å². The summed E-state index contributed by atoms with van der Waals surface area (Å²) in [5.74, 6) is 0.310. The highest BCUT2D eigenvalue weighted by Crippen LogP contribution is 2.45. The van der Waals surface area contributed by atoms with Gasteiger partial charge in [-0.3, -0.25) is 9.59 Å². The zero-order valence-corrected chi connectivity index (χ0v) is 21.0. The maximum absolute atomic E-state index is 13.5. The number of methoxy groups -OCH3 is 1. The first-order valence-corrected chi connectivity index (χ1v) is 12.8. The van der Waals surface area contributed by atoms with E-state index in [9.17, 15) is 9.59 Å². The number of para-hydroxylation sites is 2. The Balaban J connectivity index is 1.36. The molecular formula is C28H31ClN2O4. The summed E-state index contributed by atoms with van der Waals surface area (Å²) in [7, 11) is 3.51. The van der Waals surface area contributed by atoms with Crippen molar-refractivity contribution in [1.82, 2.24) is 9.55 Å². The van der Waals surface area contributed by atoms with Crippen LogP contribution in [0.4, 0.5) is 0 Å². The minimum atomic E-state index is -0.810. The van der Waals surface area contributed by atoms with Crippen molar-refractivity contribution in [2.75, 3.05) is 7.11 Å². The molecule has 184 valence electrons. The number of fused-ring (bicyclic) bond motifs is 1. The highest BCUT2D eigenvalue weighted by atomic mass is 35.5. The lowest BCUT2D eigenvalue weighted by molar-refractivity contribution is -0.185. The van der Waals surface area contributed by atoms with Crippen molar-refractivity contribution < 1.29 is 19.1 Å². The fraction of sp³-hybridized carbons (Fsp3) is 0.464. The number of aromatic nitrogens is 2. The van der Waals surface area contributed by atoms with Crippen LogP contribution in [0.3, 0.4) is 0 Å². The van der Waals surface area contributed by atoms with E-state index in [1.165, 1.54) is 0 Å². The molecule has 0 amide bonds. The molecule has 6 nitrogen and oxygen atoms in total. The van der Waals surface area contributed by atoms with Gasteiger partial charge in [0, 0.05) is 19.9 Å². The van der Waals surface area contributed by atoms with Crippen LogP contribution in [0, 0.1) is 11.8 Å². The minimum Gasteiger partial charge on any atom is -0.495 e. The molecule has 2 atom stereocenters. The molecule has 3 aromatic rings.